The van der Waals surface area contributed by atoms with E-state index < -0.39 is 0 Å². The predicted octanol–water partition coefficient (Wildman–Crippen LogP) is 2.80. The van der Waals surface area contributed by atoms with Gasteiger partial charge in [-0.1, -0.05) is 11.6 Å². The average molecular weight is 230 g/mol. The second-order valence-corrected chi connectivity index (χ2v) is 3.76. The third-order valence-electron chi connectivity index (χ3n) is 1.98. The first-order chi connectivity index (χ1) is 7.17. The smallest absolute Gasteiger partial charge is 0.137 e. The molecule has 1 N–H and O–H groups in total. The molecule has 1 aromatic rings. The lowest BCUT2D eigenvalue weighted by atomic mass is 10.2. The molecule has 3 nitrogen and oxygen atoms in total. The van der Waals surface area contributed by atoms with Gasteiger partial charge >= 0.3 is 0 Å². The van der Waals surface area contributed by atoms with Gasteiger partial charge in [-0.25, -0.2) is 0 Å². The molecule has 15 heavy (non-hydrogen) atoms. The summed E-state index contributed by atoms with van der Waals surface area (Å²) in [6, 6.07) is 5.85. The predicted molar refractivity (Wildman–Crippen MR) is 63.0 cm³/mol. The Morgan fingerprint density at radius 2 is 2.13 bits per heavy atom. The summed E-state index contributed by atoms with van der Waals surface area (Å²) in [5.41, 5.74) is 0.963. The van der Waals surface area contributed by atoms with Crippen LogP contribution in [0.15, 0.2) is 18.2 Å². The number of benzene rings is 1. The maximum Gasteiger partial charge on any atom is 0.137 e. The first-order valence-corrected chi connectivity index (χ1v) is 5.14. The molecule has 0 radical (unpaired) electrons. The van der Waals surface area contributed by atoms with Crippen LogP contribution in [0, 0.1) is 0 Å². The highest BCUT2D eigenvalue weighted by Crippen LogP contribution is 2.27. The van der Waals surface area contributed by atoms with E-state index in [1.54, 1.807) is 14.2 Å². The molecule has 0 spiro atoms. The number of hydrogen-bond acceptors (Lipinski definition) is 3. The van der Waals surface area contributed by atoms with Gasteiger partial charge in [-0.2, -0.15) is 0 Å². The Labute approximate surface area is 95.3 Å². The zero-order valence-corrected chi connectivity index (χ0v) is 9.97. The molecular weight excluding hydrogens is 214 g/mol. The topological polar surface area (TPSA) is 30.5 Å². The minimum absolute atomic E-state index is 0.250. The highest BCUT2D eigenvalue weighted by molar-refractivity contribution is 6.32. The molecule has 0 saturated carbocycles. The van der Waals surface area contributed by atoms with Crippen LogP contribution in [-0.4, -0.2) is 26.9 Å². The van der Waals surface area contributed by atoms with Crippen molar-refractivity contribution in [2.24, 2.45) is 0 Å². The Kier molecular flexibility index (Phi) is 4.72. The van der Waals surface area contributed by atoms with Gasteiger partial charge in [0.2, 0.25) is 0 Å². The Hall–Kier alpha value is -0.930. The lowest BCUT2D eigenvalue weighted by molar-refractivity contribution is 0.190. The molecule has 0 saturated heterocycles. The summed E-state index contributed by atoms with van der Waals surface area (Å²) in [6.45, 7) is 2.70. The second-order valence-electron chi connectivity index (χ2n) is 3.35. The molecule has 0 aliphatic carbocycles. The Bertz CT molecular complexity index is 317. The highest BCUT2D eigenvalue weighted by atomic mass is 35.5. The first-order valence-electron chi connectivity index (χ1n) is 4.76. The van der Waals surface area contributed by atoms with E-state index in [2.05, 4.69) is 5.32 Å². The molecule has 0 amide bonds. The van der Waals surface area contributed by atoms with Gasteiger partial charge in [-0.3, -0.25) is 0 Å². The SMILES string of the molecule is COCC(C)Nc1ccc(OC)c(Cl)c1. The van der Waals surface area contributed by atoms with Crippen LogP contribution in [0.3, 0.4) is 0 Å². The highest BCUT2D eigenvalue weighted by Gasteiger charge is 2.04. The molecule has 1 aromatic carbocycles. The normalized spacial score (nSPS) is 12.3. The maximum absolute atomic E-state index is 5.99. The fourth-order valence-corrected chi connectivity index (χ4v) is 1.59. The standard InChI is InChI=1S/C11H16ClNO2/c1-8(7-14-2)13-9-4-5-11(15-3)10(12)6-9/h4-6,8,13H,7H2,1-3H3. The molecule has 1 atom stereocenters. The fourth-order valence-electron chi connectivity index (χ4n) is 1.33. The van der Waals surface area contributed by atoms with Crippen molar-refractivity contribution in [2.45, 2.75) is 13.0 Å². The molecule has 0 aliphatic heterocycles. The third kappa shape index (κ3) is 3.61. The zero-order valence-electron chi connectivity index (χ0n) is 9.21. The first kappa shape index (κ1) is 12.1. The van der Waals surface area contributed by atoms with Crippen LogP contribution >= 0.6 is 11.6 Å². The van der Waals surface area contributed by atoms with Crippen molar-refractivity contribution in [3.05, 3.63) is 23.2 Å². The Balaban J connectivity index is 2.66. The van der Waals surface area contributed by atoms with Crippen molar-refractivity contribution in [1.82, 2.24) is 0 Å². The lowest BCUT2D eigenvalue weighted by Crippen LogP contribution is -2.20. The quantitative estimate of drug-likeness (QED) is 0.842. The Morgan fingerprint density at radius 3 is 2.67 bits per heavy atom. The number of nitrogens with one attached hydrogen (secondary N) is 1. The van der Waals surface area contributed by atoms with Gasteiger partial charge < -0.3 is 14.8 Å². The average Bonchev–Trinajstić information content (AvgIpc) is 2.18. The summed E-state index contributed by atoms with van der Waals surface area (Å²) in [7, 11) is 3.28. The van der Waals surface area contributed by atoms with Crippen LogP contribution in [0.5, 0.6) is 5.75 Å². The molecule has 0 aromatic heterocycles. The van der Waals surface area contributed by atoms with Crippen molar-refractivity contribution in [2.75, 3.05) is 26.1 Å². The van der Waals surface area contributed by atoms with E-state index in [0.29, 0.717) is 17.4 Å². The zero-order chi connectivity index (χ0) is 11.3. The number of methoxy groups -OCH3 is 2. The molecule has 4 heteroatoms. The minimum Gasteiger partial charge on any atom is -0.495 e. The molecule has 0 heterocycles. The van der Waals surface area contributed by atoms with Crippen LogP contribution in [0.1, 0.15) is 6.92 Å². The molecule has 1 rings (SSSR count). The van der Waals surface area contributed by atoms with E-state index >= 15 is 0 Å². The summed E-state index contributed by atoms with van der Waals surface area (Å²) in [5, 5.41) is 3.87. The summed E-state index contributed by atoms with van der Waals surface area (Å²) in [4.78, 5) is 0. The van der Waals surface area contributed by atoms with Crippen molar-refractivity contribution in [3.8, 4) is 5.75 Å². The number of halogens is 1. The fraction of sp³-hybridized carbons (Fsp3) is 0.455. The van der Waals surface area contributed by atoms with Gasteiger partial charge in [0.05, 0.1) is 18.7 Å². The van der Waals surface area contributed by atoms with Crippen LogP contribution in [0.2, 0.25) is 5.02 Å². The van der Waals surface area contributed by atoms with Crippen molar-refractivity contribution in [3.63, 3.8) is 0 Å². The largest absolute Gasteiger partial charge is 0.495 e. The van der Waals surface area contributed by atoms with E-state index in [4.69, 9.17) is 21.1 Å². The minimum atomic E-state index is 0.250. The van der Waals surface area contributed by atoms with Crippen molar-refractivity contribution in [1.29, 1.82) is 0 Å². The summed E-state index contributed by atoms with van der Waals surface area (Å²) >= 11 is 5.99. The van der Waals surface area contributed by atoms with E-state index in [0.717, 1.165) is 5.69 Å². The van der Waals surface area contributed by atoms with E-state index in [9.17, 15) is 0 Å². The number of rotatable bonds is 5. The van der Waals surface area contributed by atoms with Gasteiger partial charge in [-0.05, 0) is 25.1 Å². The summed E-state index contributed by atoms with van der Waals surface area (Å²) < 4.78 is 10.1. The van der Waals surface area contributed by atoms with Gasteiger partial charge in [0.15, 0.2) is 0 Å². The van der Waals surface area contributed by atoms with Gasteiger partial charge in [0.1, 0.15) is 5.75 Å². The monoisotopic (exact) mass is 229 g/mol. The number of hydrogen-bond donors (Lipinski definition) is 1. The molecule has 84 valence electrons. The number of ether oxygens (including phenoxy) is 2. The third-order valence-corrected chi connectivity index (χ3v) is 2.28. The van der Waals surface area contributed by atoms with Gasteiger partial charge in [-0.15, -0.1) is 0 Å². The van der Waals surface area contributed by atoms with E-state index in [1.165, 1.54) is 0 Å². The van der Waals surface area contributed by atoms with Crippen molar-refractivity contribution >= 4 is 17.3 Å². The number of anilines is 1. The van der Waals surface area contributed by atoms with Crippen LogP contribution in [0.4, 0.5) is 5.69 Å². The molecule has 0 aliphatic rings. The summed E-state index contributed by atoms with van der Waals surface area (Å²) in [5.74, 6) is 0.682. The second kappa shape index (κ2) is 5.83. The van der Waals surface area contributed by atoms with Gasteiger partial charge in [0, 0.05) is 18.8 Å². The molecule has 0 bridgehead atoms. The van der Waals surface area contributed by atoms with Gasteiger partial charge in [0.25, 0.3) is 0 Å². The van der Waals surface area contributed by atoms with Crippen LogP contribution < -0.4 is 10.1 Å². The molecular formula is C11H16ClNO2. The van der Waals surface area contributed by atoms with Crippen LogP contribution in [0.25, 0.3) is 0 Å². The van der Waals surface area contributed by atoms with Crippen molar-refractivity contribution < 1.29 is 9.47 Å². The van der Waals surface area contributed by atoms with E-state index in [1.807, 2.05) is 25.1 Å². The Morgan fingerprint density at radius 1 is 1.40 bits per heavy atom. The maximum atomic E-state index is 5.99. The van der Waals surface area contributed by atoms with Crippen LogP contribution in [-0.2, 0) is 4.74 Å². The lowest BCUT2D eigenvalue weighted by Gasteiger charge is -2.14. The molecule has 0 fully saturated rings. The summed E-state index contributed by atoms with van der Waals surface area (Å²) in [6.07, 6.45) is 0. The van der Waals surface area contributed by atoms with E-state index in [-0.39, 0.29) is 6.04 Å². The molecule has 1 unspecified atom stereocenters.